The highest BCUT2D eigenvalue weighted by Crippen LogP contribution is 2.32. The number of amides is 1. The fourth-order valence-corrected chi connectivity index (χ4v) is 2.74. The number of halogens is 1. The van der Waals surface area contributed by atoms with Crippen molar-refractivity contribution in [3.63, 3.8) is 0 Å². The zero-order chi connectivity index (χ0) is 19.4. The maximum absolute atomic E-state index is 12.2. The molecule has 140 valence electrons. The number of carbonyl (C=O) groups is 1. The second-order valence-electron chi connectivity index (χ2n) is 6.43. The third-order valence-electron chi connectivity index (χ3n) is 4.04. The highest BCUT2D eigenvalue weighted by Gasteiger charge is 2.13. The number of rotatable bonds is 6. The standard InChI is InChI=1S/C19H20ClN5O2/c1-12(2)16-9-17(20)13(3)8-18(16)27-10-19(26)22-14-4-6-15(7-5-14)25-11-21-23-24-25/h4-9,11-12H,10H2,1-3H3,(H,22,26). The number of nitrogens with one attached hydrogen (secondary N) is 1. The van der Waals surface area contributed by atoms with Gasteiger partial charge in [-0.25, -0.2) is 4.68 Å². The van der Waals surface area contributed by atoms with Crippen LogP contribution in [0.5, 0.6) is 5.75 Å². The molecule has 0 saturated carbocycles. The first-order valence-electron chi connectivity index (χ1n) is 8.50. The van der Waals surface area contributed by atoms with Crippen molar-refractivity contribution in [3.05, 3.63) is 58.9 Å². The van der Waals surface area contributed by atoms with Gasteiger partial charge in [0.25, 0.3) is 5.91 Å². The topological polar surface area (TPSA) is 81.9 Å². The van der Waals surface area contributed by atoms with Crippen LogP contribution in [0.25, 0.3) is 5.69 Å². The van der Waals surface area contributed by atoms with Crippen LogP contribution in [0.15, 0.2) is 42.7 Å². The fourth-order valence-electron chi connectivity index (χ4n) is 2.56. The van der Waals surface area contributed by atoms with Crippen molar-refractivity contribution >= 4 is 23.2 Å². The molecule has 2 aromatic carbocycles. The Labute approximate surface area is 162 Å². The van der Waals surface area contributed by atoms with E-state index in [1.807, 2.05) is 31.2 Å². The number of hydrogen-bond acceptors (Lipinski definition) is 5. The molecule has 1 N–H and O–H groups in total. The maximum atomic E-state index is 12.2. The monoisotopic (exact) mass is 385 g/mol. The lowest BCUT2D eigenvalue weighted by atomic mass is 10.0. The van der Waals surface area contributed by atoms with E-state index in [1.165, 1.54) is 11.0 Å². The molecule has 7 nitrogen and oxygen atoms in total. The number of benzene rings is 2. The Morgan fingerprint density at radius 1 is 1.26 bits per heavy atom. The molecule has 3 aromatic rings. The van der Waals surface area contributed by atoms with Gasteiger partial charge in [0.2, 0.25) is 0 Å². The molecular weight excluding hydrogens is 366 g/mol. The average Bonchev–Trinajstić information content (AvgIpc) is 3.17. The summed E-state index contributed by atoms with van der Waals surface area (Å²) in [4.78, 5) is 12.2. The van der Waals surface area contributed by atoms with Crippen LogP contribution in [0.3, 0.4) is 0 Å². The smallest absolute Gasteiger partial charge is 0.262 e. The van der Waals surface area contributed by atoms with Crippen LogP contribution in [-0.4, -0.2) is 32.7 Å². The number of aryl methyl sites for hydroxylation is 1. The first-order chi connectivity index (χ1) is 12.9. The minimum atomic E-state index is -0.243. The van der Waals surface area contributed by atoms with Crippen molar-refractivity contribution in [3.8, 4) is 11.4 Å². The summed E-state index contributed by atoms with van der Waals surface area (Å²) >= 11 is 6.20. The minimum Gasteiger partial charge on any atom is -0.483 e. The molecular formula is C19H20ClN5O2. The number of anilines is 1. The van der Waals surface area contributed by atoms with E-state index in [9.17, 15) is 4.79 Å². The summed E-state index contributed by atoms with van der Waals surface area (Å²) in [7, 11) is 0. The lowest BCUT2D eigenvalue weighted by Crippen LogP contribution is -2.20. The van der Waals surface area contributed by atoms with Crippen molar-refractivity contribution in [2.75, 3.05) is 11.9 Å². The summed E-state index contributed by atoms with van der Waals surface area (Å²) in [6.07, 6.45) is 1.50. The van der Waals surface area contributed by atoms with E-state index in [4.69, 9.17) is 16.3 Å². The molecule has 1 amide bonds. The molecule has 0 aliphatic heterocycles. The lowest BCUT2D eigenvalue weighted by Gasteiger charge is -2.16. The van der Waals surface area contributed by atoms with Crippen LogP contribution < -0.4 is 10.1 Å². The number of hydrogen-bond donors (Lipinski definition) is 1. The van der Waals surface area contributed by atoms with E-state index in [1.54, 1.807) is 12.1 Å². The van der Waals surface area contributed by atoms with E-state index in [-0.39, 0.29) is 18.4 Å². The Morgan fingerprint density at radius 3 is 2.63 bits per heavy atom. The van der Waals surface area contributed by atoms with Gasteiger partial charge in [-0.2, -0.15) is 0 Å². The highest BCUT2D eigenvalue weighted by atomic mass is 35.5. The predicted molar refractivity (Wildman–Crippen MR) is 104 cm³/mol. The third-order valence-corrected chi connectivity index (χ3v) is 4.44. The summed E-state index contributed by atoms with van der Waals surface area (Å²) < 4.78 is 7.28. The van der Waals surface area contributed by atoms with Gasteiger partial charge in [0, 0.05) is 10.7 Å². The normalized spacial score (nSPS) is 10.9. The van der Waals surface area contributed by atoms with E-state index in [0.717, 1.165) is 16.8 Å². The van der Waals surface area contributed by atoms with Crippen molar-refractivity contribution in [2.24, 2.45) is 0 Å². The van der Waals surface area contributed by atoms with Gasteiger partial charge in [0.1, 0.15) is 12.1 Å². The number of nitrogens with zero attached hydrogens (tertiary/aromatic N) is 4. The summed E-state index contributed by atoms with van der Waals surface area (Å²) in [6.45, 7) is 5.93. The Balaban J connectivity index is 1.62. The number of tetrazole rings is 1. The summed E-state index contributed by atoms with van der Waals surface area (Å²) in [5, 5.41) is 14.5. The van der Waals surface area contributed by atoms with Crippen LogP contribution in [0.1, 0.15) is 30.9 Å². The van der Waals surface area contributed by atoms with Gasteiger partial charge in [0.15, 0.2) is 6.61 Å². The van der Waals surface area contributed by atoms with Crippen LogP contribution in [0, 0.1) is 6.92 Å². The molecule has 0 aliphatic carbocycles. The molecule has 0 unspecified atom stereocenters. The summed E-state index contributed by atoms with van der Waals surface area (Å²) in [5.74, 6) is 0.670. The van der Waals surface area contributed by atoms with Crippen LogP contribution in [0.4, 0.5) is 5.69 Å². The molecule has 1 heterocycles. The van der Waals surface area contributed by atoms with Gasteiger partial charge in [-0.15, -0.1) is 5.10 Å². The number of carbonyl (C=O) groups excluding carboxylic acids is 1. The maximum Gasteiger partial charge on any atom is 0.262 e. The highest BCUT2D eigenvalue weighted by molar-refractivity contribution is 6.31. The van der Waals surface area contributed by atoms with Crippen molar-refractivity contribution < 1.29 is 9.53 Å². The van der Waals surface area contributed by atoms with Gasteiger partial charge < -0.3 is 10.1 Å². The summed E-state index contributed by atoms with van der Waals surface area (Å²) in [5.41, 5.74) is 3.35. The van der Waals surface area contributed by atoms with E-state index in [0.29, 0.717) is 16.5 Å². The van der Waals surface area contributed by atoms with Crippen LogP contribution in [-0.2, 0) is 4.79 Å². The van der Waals surface area contributed by atoms with Gasteiger partial charge >= 0.3 is 0 Å². The van der Waals surface area contributed by atoms with Gasteiger partial charge in [-0.3, -0.25) is 4.79 Å². The Morgan fingerprint density at radius 2 is 2.00 bits per heavy atom. The quantitative estimate of drug-likeness (QED) is 0.698. The molecule has 0 atom stereocenters. The second-order valence-corrected chi connectivity index (χ2v) is 6.84. The van der Waals surface area contributed by atoms with Crippen LogP contribution in [0.2, 0.25) is 5.02 Å². The molecule has 0 radical (unpaired) electrons. The molecule has 0 saturated heterocycles. The fraction of sp³-hybridized carbons (Fsp3) is 0.263. The molecule has 3 rings (SSSR count). The SMILES string of the molecule is Cc1cc(OCC(=O)Nc2ccc(-n3cnnn3)cc2)c(C(C)C)cc1Cl. The third kappa shape index (κ3) is 4.62. The van der Waals surface area contributed by atoms with Crippen molar-refractivity contribution in [2.45, 2.75) is 26.7 Å². The zero-order valence-corrected chi connectivity index (χ0v) is 16.1. The van der Waals surface area contributed by atoms with Gasteiger partial charge in [-0.1, -0.05) is 25.4 Å². The molecule has 1 aromatic heterocycles. The molecule has 0 spiro atoms. The number of ether oxygens (including phenoxy) is 1. The predicted octanol–water partition coefficient (Wildman–Crippen LogP) is 3.77. The average molecular weight is 386 g/mol. The largest absolute Gasteiger partial charge is 0.483 e. The van der Waals surface area contributed by atoms with E-state index >= 15 is 0 Å². The van der Waals surface area contributed by atoms with Crippen molar-refractivity contribution in [1.82, 2.24) is 20.2 Å². The Kier molecular flexibility index (Phi) is 5.71. The first kappa shape index (κ1) is 18.8. The van der Waals surface area contributed by atoms with Gasteiger partial charge in [0.05, 0.1) is 5.69 Å². The molecule has 0 fully saturated rings. The Bertz CT molecular complexity index is 924. The molecule has 8 heteroatoms. The Hall–Kier alpha value is -2.93. The van der Waals surface area contributed by atoms with Crippen LogP contribution >= 0.6 is 11.6 Å². The van der Waals surface area contributed by atoms with E-state index < -0.39 is 0 Å². The first-order valence-corrected chi connectivity index (χ1v) is 8.88. The zero-order valence-electron chi connectivity index (χ0n) is 15.3. The van der Waals surface area contributed by atoms with Crippen molar-refractivity contribution in [1.29, 1.82) is 0 Å². The van der Waals surface area contributed by atoms with Gasteiger partial charge in [-0.05, 0) is 70.8 Å². The lowest BCUT2D eigenvalue weighted by molar-refractivity contribution is -0.118. The number of aromatic nitrogens is 4. The molecule has 27 heavy (non-hydrogen) atoms. The summed E-state index contributed by atoms with van der Waals surface area (Å²) in [6, 6.07) is 10.9. The molecule has 0 bridgehead atoms. The van der Waals surface area contributed by atoms with E-state index in [2.05, 4.69) is 34.7 Å². The minimum absolute atomic E-state index is 0.0878. The second kappa shape index (κ2) is 8.18. The molecule has 0 aliphatic rings.